The molecule has 0 bridgehead atoms. The summed E-state index contributed by atoms with van der Waals surface area (Å²) in [6.07, 6.45) is -1.90. The van der Waals surface area contributed by atoms with Crippen LogP contribution in [-0.4, -0.2) is 41.7 Å². The lowest BCUT2D eigenvalue weighted by atomic mass is 9.86. The second-order valence-corrected chi connectivity index (χ2v) is 8.97. The quantitative estimate of drug-likeness (QED) is 0.436. The van der Waals surface area contributed by atoms with Crippen LogP contribution in [-0.2, 0) is 32.8 Å². The fourth-order valence-corrected chi connectivity index (χ4v) is 3.11. The van der Waals surface area contributed by atoms with E-state index in [2.05, 4.69) is 31.4 Å². The summed E-state index contributed by atoms with van der Waals surface area (Å²) in [6, 6.07) is 16.0. The Hall–Kier alpha value is -3.39. The number of primary amides is 1. The molecular weight excluding hydrogens is 422 g/mol. The van der Waals surface area contributed by atoms with E-state index in [0.717, 1.165) is 16.7 Å². The van der Waals surface area contributed by atoms with Gasteiger partial charge in [-0.05, 0) is 22.1 Å². The minimum atomic E-state index is -1.14. The van der Waals surface area contributed by atoms with Crippen molar-refractivity contribution in [2.75, 3.05) is 6.54 Å². The Balaban J connectivity index is 1.77. The van der Waals surface area contributed by atoms with E-state index < -0.39 is 30.1 Å². The van der Waals surface area contributed by atoms with E-state index in [-0.39, 0.29) is 31.4 Å². The van der Waals surface area contributed by atoms with Crippen molar-refractivity contribution in [3.8, 4) is 0 Å². The third-order valence-electron chi connectivity index (χ3n) is 5.05. The van der Waals surface area contributed by atoms with E-state index >= 15 is 0 Å². The summed E-state index contributed by atoms with van der Waals surface area (Å²) in [4.78, 5) is 35.9. The first-order valence-corrected chi connectivity index (χ1v) is 10.9. The molecule has 2 atom stereocenters. The fourth-order valence-electron chi connectivity index (χ4n) is 3.11. The van der Waals surface area contributed by atoms with Crippen LogP contribution in [0.1, 0.15) is 43.9 Å². The molecule has 0 aliphatic carbocycles. The number of amides is 3. The molecule has 0 saturated carbocycles. The molecule has 2 rings (SSSR count). The van der Waals surface area contributed by atoms with Gasteiger partial charge in [0.2, 0.25) is 11.8 Å². The molecule has 5 N–H and O–H groups in total. The van der Waals surface area contributed by atoms with Crippen LogP contribution in [0.15, 0.2) is 54.6 Å². The molecule has 33 heavy (non-hydrogen) atoms. The molecule has 0 heterocycles. The van der Waals surface area contributed by atoms with Gasteiger partial charge in [0.05, 0.1) is 12.5 Å². The van der Waals surface area contributed by atoms with Gasteiger partial charge in [0.1, 0.15) is 12.6 Å². The zero-order chi connectivity index (χ0) is 24.4. The first-order chi connectivity index (χ1) is 15.5. The minimum Gasteiger partial charge on any atom is -0.445 e. The number of hydrogen-bond acceptors (Lipinski definition) is 5. The molecule has 8 heteroatoms. The number of benzene rings is 2. The third kappa shape index (κ3) is 9.33. The van der Waals surface area contributed by atoms with E-state index in [1.807, 2.05) is 54.6 Å². The first-order valence-electron chi connectivity index (χ1n) is 10.9. The summed E-state index contributed by atoms with van der Waals surface area (Å²) in [5.74, 6) is -1.21. The molecule has 0 aliphatic heterocycles. The predicted octanol–water partition coefficient (Wildman–Crippen LogP) is 2.17. The van der Waals surface area contributed by atoms with Crippen LogP contribution in [0.3, 0.4) is 0 Å². The molecular formula is C25H33N3O5. The Morgan fingerprint density at radius 1 is 1.00 bits per heavy atom. The van der Waals surface area contributed by atoms with Gasteiger partial charge in [-0.3, -0.25) is 9.59 Å². The van der Waals surface area contributed by atoms with E-state index in [1.165, 1.54) is 0 Å². The number of rotatable bonds is 10. The standard InChI is InChI=1S/C25H33N3O5/c1-25(2,3)19-11-9-17(10-12-19)13-21(23(26)31)28-22(30)14-20(29)15-27-24(32)33-16-18-7-5-4-6-8-18/h4-12,20-21,29H,13-16H2,1-3H3,(H2,26,31)(H,27,32)(H,28,30)/t20-,21-/m0/s1. The lowest BCUT2D eigenvalue weighted by Gasteiger charge is -2.20. The van der Waals surface area contributed by atoms with Gasteiger partial charge in [-0.25, -0.2) is 4.79 Å². The maximum Gasteiger partial charge on any atom is 0.407 e. The zero-order valence-corrected chi connectivity index (χ0v) is 19.3. The molecule has 0 unspecified atom stereocenters. The molecule has 178 valence electrons. The second-order valence-electron chi connectivity index (χ2n) is 8.97. The topological polar surface area (TPSA) is 131 Å². The number of nitrogens with two attached hydrogens (primary N) is 1. The van der Waals surface area contributed by atoms with E-state index in [9.17, 15) is 19.5 Å². The molecule has 0 aliphatic rings. The summed E-state index contributed by atoms with van der Waals surface area (Å²) < 4.78 is 5.05. The molecule has 2 aromatic rings. The lowest BCUT2D eigenvalue weighted by Crippen LogP contribution is -2.47. The van der Waals surface area contributed by atoms with Crippen molar-refractivity contribution in [2.24, 2.45) is 5.73 Å². The van der Waals surface area contributed by atoms with Crippen molar-refractivity contribution in [3.05, 3.63) is 71.3 Å². The van der Waals surface area contributed by atoms with Crippen LogP contribution in [0, 0.1) is 0 Å². The van der Waals surface area contributed by atoms with Crippen molar-refractivity contribution in [1.29, 1.82) is 0 Å². The van der Waals surface area contributed by atoms with Crippen LogP contribution in [0.5, 0.6) is 0 Å². The number of carbonyl (C=O) groups is 3. The van der Waals surface area contributed by atoms with Crippen molar-refractivity contribution >= 4 is 17.9 Å². The number of aliphatic hydroxyl groups is 1. The molecule has 0 fully saturated rings. The molecule has 2 aromatic carbocycles. The van der Waals surface area contributed by atoms with Gasteiger partial charge in [0.15, 0.2) is 0 Å². The molecule has 0 radical (unpaired) electrons. The van der Waals surface area contributed by atoms with Crippen molar-refractivity contribution in [1.82, 2.24) is 10.6 Å². The summed E-state index contributed by atoms with van der Waals surface area (Å²) >= 11 is 0. The van der Waals surface area contributed by atoms with Crippen LogP contribution in [0.2, 0.25) is 0 Å². The summed E-state index contributed by atoms with van der Waals surface area (Å²) in [5, 5.41) is 15.0. The SMILES string of the molecule is CC(C)(C)c1ccc(C[C@H](NC(=O)C[C@H](O)CNC(=O)OCc2ccccc2)C(N)=O)cc1. The molecule has 0 aromatic heterocycles. The number of alkyl carbamates (subject to hydrolysis) is 1. The maximum atomic E-state index is 12.3. The third-order valence-corrected chi connectivity index (χ3v) is 5.05. The van der Waals surface area contributed by atoms with Gasteiger partial charge in [-0.15, -0.1) is 0 Å². The monoisotopic (exact) mass is 455 g/mol. The fraction of sp³-hybridized carbons (Fsp3) is 0.400. The van der Waals surface area contributed by atoms with Gasteiger partial charge in [-0.2, -0.15) is 0 Å². The highest BCUT2D eigenvalue weighted by molar-refractivity contribution is 5.87. The predicted molar refractivity (Wildman–Crippen MR) is 125 cm³/mol. The van der Waals surface area contributed by atoms with Crippen molar-refractivity contribution in [2.45, 2.75) is 57.8 Å². The van der Waals surface area contributed by atoms with Gasteiger partial charge in [-0.1, -0.05) is 75.4 Å². The van der Waals surface area contributed by atoms with Crippen molar-refractivity contribution < 1.29 is 24.2 Å². The van der Waals surface area contributed by atoms with Crippen LogP contribution in [0.4, 0.5) is 4.79 Å². The summed E-state index contributed by atoms with van der Waals surface area (Å²) in [7, 11) is 0. The summed E-state index contributed by atoms with van der Waals surface area (Å²) in [5.41, 5.74) is 8.31. The Labute approximate surface area is 194 Å². The van der Waals surface area contributed by atoms with Gasteiger partial charge in [0, 0.05) is 13.0 Å². The second kappa shape index (κ2) is 12.0. The Bertz CT molecular complexity index is 923. The van der Waals surface area contributed by atoms with Crippen LogP contribution < -0.4 is 16.4 Å². The molecule has 3 amide bonds. The average Bonchev–Trinajstić information content (AvgIpc) is 2.76. The normalized spacial score (nSPS) is 13.0. The van der Waals surface area contributed by atoms with E-state index in [4.69, 9.17) is 10.5 Å². The Morgan fingerprint density at radius 3 is 2.21 bits per heavy atom. The lowest BCUT2D eigenvalue weighted by molar-refractivity contribution is -0.128. The number of nitrogens with one attached hydrogen (secondary N) is 2. The van der Waals surface area contributed by atoms with Gasteiger partial charge in [0.25, 0.3) is 0 Å². The van der Waals surface area contributed by atoms with Crippen LogP contribution >= 0.6 is 0 Å². The highest BCUT2D eigenvalue weighted by Crippen LogP contribution is 2.22. The molecule has 0 spiro atoms. The number of carbonyl (C=O) groups excluding carboxylic acids is 3. The molecule has 8 nitrogen and oxygen atoms in total. The number of hydrogen-bond donors (Lipinski definition) is 4. The average molecular weight is 456 g/mol. The van der Waals surface area contributed by atoms with Gasteiger partial charge < -0.3 is 26.2 Å². The van der Waals surface area contributed by atoms with Crippen LogP contribution in [0.25, 0.3) is 0 Å². The zero-order valence-electron chi connectivity index (χ0n) is 19.3. The minimum absolute atomic E-state index is 0.00791. The maximum absolute atomic E-state index is 12.3. The summed E-state index contributed by atoms with van der Waals surface area (Å²) in [6.45, 7) is 6.25. The Morgan fingerprint density at radius 2 is 1.64 bits per heavy atom. The van der Waals surface area contributed by atoms with E-state index in [1.54, 1.807) is 0 Å². The van der Waals surface area contributed by atoms with Gasteiger partial charge >= 0.3 is 6.09 Å². The smallest absolute Gasteiger partial charge is 0.407 e. The molecule has 0 saturated heterocycles. The highest BCUT2D eigenvalue weighted by atomic mass is 16.5. The van der Waals surface area contributed by atoms with E-state index in [0.29, 0.717) is 0 Å². The first kappa shape index (κ1) is 25.9. The Kier molecular flexibility index (Phi) is 9.42. The number of aliphatic hydroxyl groups excluding tert-OH is 1. The highest BCUT2D eigenvalue weighted by Gasteiger charge is 2.21. The largest absolute Gasteiger partial charge is 0.445 e. The number of ether oxygens (including phenoxy) is 1. The van der Waals surface area contributed by atoms with Crippen molar-refractivity contribution in [3.63, 3.8) is 0 Å².